The van der Waals surface area contributed by atoms with Crippen LogP contribution < -0.4 is 5.09 Å². The molecule has 0 aliphatic carbocycles. The van der Waals surface area contributed by atoms with Crippen LogP contribution in [0.15, 0.2) is 12.8 Å². The molecule has 0 aliphatic rings. The second kappa shape index (κ2) is 8.20. The summed E-state index contributed by atoms with van der Waals surface area (Å²) < 4.78 is 16.3. The van der Waals surface area contributed by atoms with E-state index in [4.69, 9.17) is 25.6 Å². The average Bonchev–Trinajstić information content (AvgIpc) is 2.09. The van der Waals surface area contributed by atoms with E-state index in [0.29, 0.717) is 13.2 Å². The van der Waals surface area contributed by atoms with Crippen molar-refractivity contribution in [2.24, 2.45) is 0 Å². The lowest BCUT2D eigenvalue weighted by atomic mass is 10.5. The Labute approximate surface area is 104 Å². The number of hydrogen-bond acceptors (Lipinski definition) is 4. The zero-order valence-corrected chi connectivity index (χ0v) is 12.1. The number of rotatable bonds is 9. The summed E-state index contributed by atoms with van der Waals surface area (Å²) in [6.45, 7) is 9.90. The minimum Gasteiger partial charge on any atom is -0.500 e. The van der Waals surface area contributed by atoms with Gasteiger partial charge in [-0.2, -0.15) is 0 Å². The Kier molecular flexibility index (Phi) is 8.24. The quantitative estimate of drug-likeness (QED) is 0.395. The topological polar surface area (TPSA) is 39.7 Å². The van der Waals surface area contributed by atoms with Crippen molar-refractivity contribution >= 4 is 18.4 Å². The van der Waals surface area contributed by atoms with E-state index in [2.05, 4.69) is 11.7 Å². The predicted octanol–water partition coefficient (Wildman–Crippen LogP) is 2.81. The van der Waals surface area contributed by atoms with Crippen LogP contribution in [0.25, 0.3) is 0 Å². The van der Waals surface area contributed by atoms with E-state index >= 15 is 0 Å². The molecule has 0 bridgehead atoms. The van der Waals surface area contributed by atoms with Gasteiger partial charge in [0.15, 0.2) is 0 Å². The lowest BCUT2D eigenvalue weighted by Gasteiger charge is -2.26. The van der Waals surface area contributed by atoms with Crippen molar-refractivity contribution in [1.82, 2.24) is 5.09 Å². The van der Waals surface area contributed by atoms with Crippen LogP contribution in [0.2, 0.25) is 0 Å². The van der Waals surface area contributed by atoms with E-state index in [0.717, 1.165) is 0 Å². The van der Waals surface area contributed by atoms with Crippen LogP contribution in [0.4, 0.5) is 0 Å². The van der Waals surface area contributed by atoms with Crippen molar-refractivity contribution in [3.63, 3.8) is 0 Å². The maximum absolute atomic E-state index is 5.64. The van der Waals surface area contributed by atoms with Gasteiger partial charge in [0.2, 0.25) is 0 Å². The van der Waals surface area contributed by atoms with Crippen LogP contribution in [0, 0.1) is 0 Å². The summed E-state index contributed by atoms with van der Waals surface area (Å²) in [6.07, 6.45) is 1.48. The first-order valence-electron chi connectivity index (χ1n) is 5.34. The van der Waals surface area contributed by atoms with Crippen LogP contribution in [-0.2, 0) is 25.6 Å². The molecular weight excluding hydrogens is 245 g/mol. The molecule has 0 aromatic carbocycles. The molecule has 0 rings (SSSR count). The fourth-order valence-electron chi connectivity index (χ4n) is 0.979. The fraction of sp³-hybridized carbons (Fsp3) is 0.800. The standard InChI is InChI=1S/C10H22NO3PS/c1-6-12-8-7-11-15(16,13-9(2)3)14-10(4)5/h6,9-10H,1,7-8H2,2-5H3,(H,11,16). The van der Waals surface area contributed by atoms with Gasteiger partial charge < -0.3 is 13.8 Å². The zero-order valence-electron chi connectivity index (χ0n) is 10.4. The van der Waals surface area contributed by atoms with E-state index in [1.807, 2.05) is 27.7 Å². The van der Waals surface area contributed by atoms with Gasteiger partial charge in [-0.3, -0.25) is 0 Å². The first-order valence-corrected chi connectivity index (χ1v) is 7.98. The summed E-state index contributed by atoms with van der Waals surface area (Å²) in [5, 5.41) is 3.10. The van der Waals surface area contributed by atoms with Gasteiger partial charge in [0.1, 0.15) is 6.61 Å². The summed E-state index contributed by atoms with van der Waals surface area (Å²) in [5.41, 5.74) is 0. The van der Waals surface area contributed by atoms with E-state index in [9.17, 15) is 0 Å². The number of hydrogen-bond donors (Lipinski definition) is 1. The maximum Gasteiger partial charge on any atom is 0.261 e. The molecule has 0 atom stereocenters. The van der Waals surface area contributed by atoms with Crippen LogP contribution in [0.3, 0.4) is 0 Å². The molecular formula is C10H22NO3PS. The van der Waals surface area contributed by atoms with Crippen LogP contribution in [0.5, 0.6) is 0 Å². The molecule has 0 saturated heterocycles. The van der Waals surface area contributed by atoms with Crippen LogP contribution >= 0.6 is 6.64 Å². The third-order valence-corrected chi connectivity index (χ3v) is 4.26. The summed E-state index contributed by atoms with van der Waals surface area (Å²) in [6, 6.07) is 0. The third-order valence-electron chi connectivity index (χ3n) is 1.34. The zero-order chi connectivity index (χ0) is 12.6. The molecule has 0 aromatic rings. The van der Waals surface area contributed by atoms with Crippen molar-refractivity contribution in [3.05, 3.63) is 12.8 Å². The second-order valence-electron chi connectivity index (χ2n) is 3.75. The van der Waals surface area contributed by atoms with Crippen molar-refractivity contribution in [2.75, 3.05) is 13.2 Å². The normalized spacial score (nSPS) is 12.1. The molecule has 0 fully saturated rings. The molecule has 0 amide bonds. The summed E-state index contributed by atoms with van der Waals surface area (Å²) in [7, 11) is 0. The summed E-state index contributed by atoms with van der Waals surface area (Å²) in [5.74, 6) is 0. The number of nitrogens with one attached hydrogen (secondary N) is 1. The van der Waals surface area contributed by atoms with Gasteiger partial charge >= 0.3 is 0 Å². The first kappa shape index (κ1) is 16.1. The van der Waals surface area contributed by atoms with E-state index in [1.165, 1.54) is 6.26 Å². The molecule has 0 spiro atoms. The molecule has 0 radical (unpaired) electrons. The lowest BCUT2D eigenvalue weighted by Crippen LogP contribution is -2.22. The Bertz CT molecular complexity index is 232. The highest BCUT2D eigenvalue weighted by molar-refractivity contribution is 8.09. The fourth-order valence-corrected chi connectivity index (χ4v) is 3.96. The second-order valence-corrected chi connectivity index (χ2v) is 6.93. The van der Waals surface area contributed by atoms with E-state index < -0.39 is 6.64 Å². The molecule has 0 unspecified atom stereocenters. The van der Waals surface area contributed by atoms with Gasteiger partial charge in [0.05, 0.1) is 18.5 Å². The highest BCUT2D eigenvalue weighted by Gasteiger charge is 2.21. The van der Waals surface area contributed by atoms with Crippen LogP contribution in [-0.4, -0.2) is 25.4 Å². The van der Waals surface area contributed by atoms with Gasteiger partial charge in [-0.25, -0.2) is 5.09 Å². The maximum atomic E-state index is 5.64. The number of ether oxygens (including phenoxy) is 1. The van der Waals surface area contributed by atoms with Crippen LogP contribution in [0.1, 0.15) is 27.7 Å². The molecule has 1 N–H and O–H groups in total. The SMILES string of the molecule is C=COCCNP(=S)(OC(C)C)OC(C)C. The predicted molar refractivity (Wildman–Crippen MR) is 70.9 cm³/mol. The van der Waals surface area contributed by atoms with Crippen molar-refractivity contribution in [1.29, 1.82) is 0 Å². The van der Waals surface area contributed by atoms with Gasteiger partial charge in [-0.1, -0.05) is 6.58 Å². The van der Waals surface area contributed by atoms with Crippen molar-refractivity contribution in [2.45, 2.75) is 39.9 Å². The van der Waals surface area contributed by atoms with Crippen molar-refractivity contribution in [3.8, 4) is 0 Å². The Morgan fingerprint density at radius 1 is 1.25 bits per heavy atom. The molecule has 0 aromatic heterocycles. The largest absolute Gasteiger partial charge is 0.500 e. The molecule has 0 aliphatic heterocycles. The Balaban J connectivity index is 4.19. The first-order chi connectivity index (χ1) is 7.39. The van der Waals surface area contributed by atoms with Gasteiger partial charge in [0, 0.05) is 6.54 Å². The molecule has 6 heteroatoms. The van der Waals surface area contributed by atoms with E-state index in [1.54, 1.807) is 0 Å². The Morgan fingerprint density at radius 2 is 1.75 bits per heavy atom. The molecule has 0 saturated carbocycles. The monoisotopic (exact) mass is 267 g/mol. The Hall–Kier alpha value is 0.0700. The lowest BCUT2D eigenvalue weighted by molar-refractivity contribution is 0.166. The van der Waals surface area contributed by atoms with Gasteiger partial charge in [-0.05, 0) is 39.5 Å². The van der Waals surface area contributed by atoms with Gasteiger partial charge in [-0.15, -0.1) is 0 Å². The highest BCUT2D eigenvalue weighted by atomic mass is 32.5. The van der Waals surface area contributed by atoms with E-state index in [-0.39, 0.29) is 12.2 Å². The van der Waals surface area contributed by atoms with Gasteiger partial charge in [0.25, 0.3) is 6.64 Å². The average molecular weight is 267 g/mol. The minimum atomic E-state index is -2.40. The Morgan fingerprint density at radius 3 is 2.12 bits per heavy atom. The molecule has 4 nitrogen and oxygen atoms in total. The highest BCUT2D eigenvalue weighted by Crippen LogP contribution is 2.46. The summed E-state index contributed by atoms with van der Waals surface area (Å²) >= 11 is 5.38. The molecule has 0 heterocycles. The smallest absolute Gasteiger partial charge is 0.261 e. The van der Waals surface area contributed by atoms with Crippen molar-refractivity contribution < 1.29 is 13.8 Å². The minimum absolute atomic E-state index is 0.0393. The molecule has 96 valence electrons. The third kappa shape index (κ3) is 8.25. The summed E-state index contributed by atoms with van der Waals surface area (Å²) in [4.78, 5) is 0. The molecule has 16 heavy (non-hydrogen) atoms.